The number of carbonyl (C=O) groups excluding carboxylic acids is 1. The van der Waals surface area contributed by atoms with E-state index in [1.54, 1.807) is 19.6 Å². The fourth-order valence-corrected chi connectivity index (χ4v) is 4.10. The minimum Gasteiger partial charge on any atom is -0.497 e. The second-order valence-electron chi connectivity index (χ2n) is 8.30. The molecule has 0 fully saturated rings. The quantitative estimate of drug-likeness (QED) is 0.389. The summed E-state index contributed by atoms with van der Waals surface area (Å²) in [6.45, 7) is 3.78. The summed E-state index contributed by atoms with van der Waals surface area (Å²) in [6.07, 6.45) is 5.31. The van der Waals surface area contributed by atoms with E-state index < -0.39 is 5.41 Å². The molecule has 4 rings (SSSR count). The Bertz CT molecular complexity index is 1220. The van der Waals surface area contributed by atoms with Crippen LogP contribution in [0.2, 0.25) is 0 Å². The van der Waals surface area contributed by atoms with E-state index in [4.69, 9.17) is 9.47 Å². The van der Waals surface area contributed by atoms with Crippen molar-refractivity contribution in [3.05, 3.63) is 84.9 Å². The van der Waals surface area contributed by atoms with Crippen molar-refractivity contribution >= 4 is 28.1 Å². The Balaban J connectivity index is 1.60. The molecule has 32 heavy (non-hydrogen) atoms. The number of esters is 1. The second-order valence-corrected chi connectivity index (χ2v) is 8.30. The lowest BCUT2D eigenvalue weighted by Crippen LogP contribution is -2.36. The first-order valence-corrected chi connectivity index (χ1v) is 10.4. The Labute approximate surface area is 187 Å². The third kappa shape index (κ3) is 4.17. The lowest BCUT2D eigenvalue weighted by atomic mass is 9.80. The summed E-state index contributed by atoms with van der Waals surface area (Å²) in [4.78, 5) is 16.7. The van der Waals surface area contributed by atoms with Crippen LogP contribution >= 0.6 is 0 Å². The van der Waals surface area contributed by atoms with E-state index in [0.717, 1.165) is 33.5 Å². The Hall–Kier alpha value is -3.80. The fourth-order valence-electron chi connectivity index (χ4n) is 4.10. The third-order valence-corrected chi connectivity index (χ3v) is 5.78. The molecule has 0 aliphatic rings. The lowest BCUT2D eigenvalue weighted by molar-refractivity contribution is -0.152. The first kappa shape index (κ1) is 21.4. The van der Waals surface area contributed by atoms with E-state index in [9.17, 15) is 4.79 Å². The fraction of sp³-hybridized carbons (Fsp3) is 0.231. The number of anilines is 2. The maximum absolute atomic E-state index is 12.5. The number of nitrogens with zero attached hydrogens (tertiary/aromatic N) is 2. The Morgan fingerprint density at radius 2 is 1.66 bits per heavy atom. The number of hydrogen-bond acceptors (Lipinski definition) is 5. The molecule has 1 aromatic heterocycles. The van der Waals surface area contributed by atoms with Crippen LogP contribution in [-0.2, 0) is 9.53 Å². The molecular formula is C26H27N3O3. The van der Waals surface area contributed by atoms with E-state index in [0.29, 0.717) is 0 Å². The molecule has 1 unspecified atom stereocenters. The average Bonchev–Trinajstić information content (AvgIpc) is 3.33. The van der Waals surface area contributed by atoms with Gasteiger partial charge in [0.15, 0.2) is 0 Å². The molecule has 0 bridgehead atoms. The van der Waals surface area contributed by atoms with Gasteiger partial charge in [0.25, 0.3) is 0 Å². The monoisotopic (exact) mass is 429 g/mol. The molecule has 4 aromatic rings. The van der Waals surface area contributed by atoms with Crippen LogP contribution in [-0.4, -0.2) is 29.7 Å². The molecule has 0 aliphatic carbocycles. The average molecular weight is 430 g/mol. The zero-order valence-corrected chi connectivity index (χ0v) is 18.7. The predicted octanol–water partition coefficient (Wildman–Crippen LogP) is 5.58. The van der Waals surface area contributed by atoms with Crippen molar-refractivity contribution in [2.75, 3.05) is 19.5 Å². The van der Waals surface area contributed by atoms with E-state index in [1.165, 1.54) is 7.11 Å². The van der Waals surface area contributed by atoms with Crippen molar-refractivity contribution in [1.29, 1.82) is 0 Å². The van der Waals surface area contributed by atoms with Gasteiger partial charge in [-0.2, -0.15) is 0 Å². The predicted molar refractivity (Wildman–Crippen MR) is 126 cm³/mol. The van der Waals surface area contributed by atoms with Gasteiger partial charge in [0.2, 0.25) is 0 Å². The van der Waals surface area contributed by atoms with E-state index in [-0.39, 0.29) is 12.0 Å². The van der Waals surface area contributed by atoms with Gasteiger partial charge in [-0.05, 0) is 66.6 Å². The molecule has 0 saturated heterocycles. The summed E-state index contributed by atoms with van der Waals surface area (Å²) in [5.74, 6) is 0.572. The summed E-state index contributed by atoms with van der Waals surface area (Å²) in [7, 11) is 3.09. The minimum absolute atomic E-state index is 0.248. The molecule has 0 saturated carbocycles. The number of benzene rings is 3. The van der Waals surface area contributed by atoms with Crippen LogP contribution in [0.25, 0.3) is 10.8 Å². The van der Waals surface area contributed by atoms with Crippen molar-refractivity contribution < 1.29 is 14.3 Å². The smallest absolute Gasteiger partial charge is 0.313 e. The van der Waals surface area contributed by atoms with Crippen LogP contribution in [0.15, 0.2) is 79.4 Å². The maximum Gasteiger partial charge on any atom is 0.313 e. The van der Waals surface area contributed by atoms with Crippen LogP contribution in [0.3, 0.4) is 0 Å². The van der Waals surface area contributed by atoms with Crippen molar-refractivity contribution in [3.63, 3.8) is 0 Å². The van der Waals surface area contributed by atoms with Gasteiger partial charge in [-0.1, -0.05) is 24.3 Å². The molecule has 3 aromatic carbocycles. The summed E-state index contributed by atoms with van der Waals surface area (Å²) in [5.41, 5.74) is 2.18. The van der Waals surface area contributed by atoms with Gasteiger partial charge in [-0.25, -0.2) is 4.98 Å². The number of nitrogens with one attached hydrogen (secondary N) is 1. The highest BCUT2D eigenvalue weighted by molar-refractivity contribution is 5.87. The van der Waals surface area contributed by atoms with Crippen LogP contribution in [0.1, 0.15) is 25.5 Å². The normalized spacial score (nSPS) is 12.4. The molecule has 0 radical (unpaired) electrons. The number of methoxy groups -OCH3 is 2. The van der Waals surface area contributed by atoms with E-state index in [1.807, 2.05) is 73.1 Å². The van der Waals surface area contributed by atoms with Crippen molar-refractivity contribution in [2.24, 2.45) is 5.41 Å². The SMILES string of the molecule is COC(=O)C(C)(C)C(c1ccc(Nc2ccc3cc(OC)ccc3c2)cc1)n1ccnc1. The summed E-state index contributed by atoms with van der Waals surface area (Å²) in [6, 6.07) is 20.1. The number of imidazole rings is 1. The van der Waals surface area contributed by atoms with Crippen LogP contribution in [0.4, 0.5) is 11.4 Å². The van der Waals surface area contributed by atoms with Gasteiger partial charge < -0.3 is 19.4 Å². The first-order valence-electron chi connectivity index (χ1n) is 10.4. The highest BCUT2D eigenvalue weighted by Gasteiger charge is 2.40. The van der Waals surface area contributed by atoms with Crippen molar-refractivity contribution in [2.45, 2.75) is 19.9 Å². The topological polar surface area (TPSA) is 65.4 Å². The van der Waals surface area contributed by atoms with Crippen molar-refractivity contribution in [3.8, 4) is 5.75 Å². The maximum atomic E-state index is 12.5. The van der Waals surface area contributed by atoms with Gasteiger partial charge in [-0.15, -0.1) is 0 Å². The number of aromatic nitrogens is 2. The molecule has 6 nitrogen and oxygen atoms in total. The second kappa shape index (κ2) is 8.75. The number of fused-ring (bicyclic) bond motifs is 1. The molecule has 6 heteroatoms. The zero-order chi connectivity index (χ0) is 22.7. The molecule has 1 N–H and O–H groups in total. The minimum atomic E-state index is -0.774. The molecule has 0 spiro atoms. The lowest BCUT2D eigenvalue weighted by Gasteiger charge is -2.33. The number of hydrogen-bond donors (Lipinski definition) is 1. The van der Waals surface area contributed by atoms with Crippen LogP contribution in [0, 0.1) is 5.41 Å². The van der Waals surface area contributed by atoms with Gasteiger partial charge in [-0.3, -0.25) is 4.79 Å². The van der Waals surface area contributed by atoms with Gasteiger partial charge in [0, 0.05) is 23.8 Å². The Kier molecular flexibility index (Phi) is 5.86. The van der Waals surface area contributed by atoms with Crippen LogP contribution in [0.5, 0.6) is 5.75 Å². The Morgan fingerprint density at radius 1 is 0.969 bits per heavy atom. The molecule has 1 heterocycles. The summed E-state index contributed by atoms with van der Waals surface area (Å²) < 4.78 is 12.3. The van der Waals surface area contributed by atoms with Gasteiger partial charge in [0.05, 0.1) is 32.0 Å². The van der Waals surface area contributed by atoms with Crippen LogP contribution < -0.4 is 10.1 Å². The molecule has 0 amide bonds. The highest BCUT2D eigenvalue weighted by atomic mass is 16.5. The van der Waals surface area contributed by atoms with E-state index in [2.05, 4.69) is 22.4 Å². The molecule has 0 aliphatic heterocycles. The summed E-state index contributed by atoms with van der Waals surface area (Å²) >= 11 is 0. The van der Waals surface area contributed by atoms with Gasteiger partial charge >= 0.3 is 5.97 Å². The molecular weight excluding hydrogens is 402 g/mol. The number of ether oxygens (including phenoxy) is 2. The number of carbonyl (C=O) groups is 1. The molecule has 1 atom stereocenters. The summed E-state index contributed by atoms with van der Waals surface area (Å²) in [5, 5.41) is 5.71. The largest absolute Gasteiger partial charge is 0.497 e. The standard InChI is InChI=1S/C26H27N3O3/c1-26(2,25(30)32-4)24(29-14-13-27-17-29)18-5-9-21(10-6-18)28-22-11-7-20-16-23(31-3)12-8-19(20)15-22/h5-17,24,28H,1-4H3. The first-order chi connectivity index (χ1) is 15.4. The Morgan fingerprint density at radius 3 is 2.31 bits per heavy atom. The zero-order valence-electron chi connectivity index (χ0n) is 18.7. The van der Waals surface area contributed by atoms with E-state index >= 15 is 0 Å². The van der Waals surface area contributed by atoms with Crippen molar-refractivity contribution in [1.82, 2.24) is 9.55 Å². The van der Waals surface area contributed by atoms with Gasteiger partial charge in [0.1, 0.15) is 5.75 Å². The third-order valence-electron chi connectivity index (χ3n) is 5.78. The molecule has 164 valence electrons. The highest BCUT2D eigenvalue weighted by Crippen LogP contribution is 2.38. The number of rotatable bonds is 7.